The Labute approximate surface area is 217 Å². The molecule has 37 heavy (non-hydrogen) atoms. The summed E-state index contributed by atoms with van der Waals surface area (Å²) < 4.78 is 31.0. The average Bonchev–Trinajstić information content (AvgIpc) is 3.18. The predicted molar refractivity (Wildman–Crippen MR) is 144 cm³/mol. The first-order valence-corrected chi connectivity index (χ1v) is 13.6. The fourth-order valence-electron chi connectivity index (χ4n) is 4.14. The number of carbonyl (C=O) groups is 1. The van der Waals surface area contributed by atoms with Gasteiger partial charge in [0.2, 0.25) is 15.9 Å². The molecule has 2 heterocycles. The van der Waals surface area contributed by atoms with Crippen molar-refractivity contribution in [3.8, 4) is 0 Å². The van der Waals surface area contributed by atoms with Crippen molar-refractivity contribution in [2.75, 3.05) is 5.73 Å². The first kappa shape index (κ1) is 26.3. The molecule has 0 aliphatic rings. The van der Waals surface area contributed by atoms with E-state index in [9.17, 15) is 13.2 Å². The number of hydrogen-bond acceptors (Lipinski definition) is 6. The third-order valence-corrected chi connectivity index (χ3v) is 7.57. The van der Waals surface area contributed by atoms with Crippen LogP contribution in [-0.2, 0) is 27.9 Å². The Morgan fingerprint density at radius 1 is 1.03 bits per heavy atom. The second kappa shape index (κ2) is 11.1. The highest BCUT2D eigenvalue weighted by Crippen LogP contribution is 2.19. The van der Waals surface area contributed by atoms with Crippen LogP contribution in [-0.4, -0.2) is 34.9 Å². The smallest absolute Gasteiger partial charge is 0.241 e. The Morgan fingerprint density at radius 3 is 2.38 bits per heavy atom. The monoisotopic (exact) mass is 520 g/mol. The highest BCUT2D eigenvalue weighted by atomic mass is 32.2. The van der Waals surface area contributed by atoms with E-state index in [4.69, 9.17) is 5.73 Å². The number of aryl methyl sites for hydroxylation is 1. The number of nitrogens with zero attached hydrogens (tertiary/aromatic N) is 3. The third-order valence-electron chi connectivity index (χ3n) is 6.08. The van der Waals surface area contributed by atoms with Crippen molar-refractivity contribution >= 4 is 32.7 Å². The Kier molecular flexibility index (Phi) is 7.89. The number of benzene rings is 2. The van der Waals surface area contributed by atoms with Crippen LogP contribution < -0.4 is 15.8 Å². The highest BCUT2D eigenvalue weighted by Gasteiger charge is 2.26. The van der Waals surface area contributed by atoms with E-state index in [1.807, 2.05) is 39.0 Å². The Morgan fingerprint density at radius 2 is 1.70 bits per heavy atom. The maximum atomic E-state index is 13.2. The molecule has 0 aliphatic heterocycles. The van der Waals surface area contributed by atoms with Crippen LogP contribution in [0.5, 0.6) is 0 Å². The Hall–Kier alpha value is -3.76. The van der Waals surface area contributed by atoms with E-state index in [1.165, 1.54) is 0 Å². The van der Waals surface area contributed by atoms with E-state index in [2.05, 4.69) is 24.6 Å². The zero-order valence-electron chi connectivity index (χ0n) is 21.2. The van der Waals surface area contributed by atoms with Gasteiger partial charge in [0, 0.05) is 25.0 Å². The second-order valence-electron chi connectivity index (χ2n) is 9.52. The van der Waals surface area contributed by atoms with Crippen molar-refractivity contribution in [1.29, 1.82) is 0 Å². The predicted octanol–water partition coefficient (Wildman–Crippen LogP) is 3.38. The molecule has 9 nitrogen and oxygen atoms in total. The second-order valence-corrected chi connectivity index (χ2v) is 11.2. The molecule has 4 N–H and O–H groups in total. The summed E-state index contributed by atoms with van der Waals surface area (Å²) in [6.45, 7) is 6.64. The number of fused-ring (bicyclic) bond motifs is 1. The van der Waals surface area contributed by atoms with Gasteiger partial charge >= 0.3 is 0 Å². The molecule has 2 aromatic carbocycles. The van der Waals surface area contributed by atoms with Gasteiger partial charge in [-0.1, -0.05) is 38.1 Å². The van der Waals surface area contributed by atoms with Gasteiger partial charge in [-0.05, 0) is 60.7 Å². The molecule has 0 spiro atoms. The zero-order chi connectivity index (χ0) is 26.6. The first-order valence-electron chi connectivity index (χ1n) is 12.1. The van der Waals surface area contributed by atoms with Gasteiger partial charge in [-0.25, -0.2) is 13.4 Å². The number of anilines is 1. The average molecular weight is 521 g/mol. The van der Waals surface area contributed by atoms with Gasteiger partial charge in [0.1, 0.15) is 17.4 Å². The molecule has 4 rings (SSSR count). The summed E-state index contributed by atoms with van der Waals surface area (Å²) in [5, 5.41) is 2.83. The number of nitrogens with two attached hydrogens (primary N) is 1. The van der Waals surface area contributed by atoms with Gasteiger partial charge in [-0.2, -0.15) is 4.72 Å². The quantitative estimate of drug-likeness (QED) is 0.275. The third kappa shape index (κ3) is 6.52. The number of pyridine rings is 1. The van der Waals surface area contributed by atoms with Crippen molar-refractivity contribution in [2.24, 2.45) is 5.92 Å². The lowest BCUT2D eigenvalue weighted by Crippen LogP contribution is -2.47. The molecule has 0 saturated carbocycles. The van der Waals surface area contributed by atoms with Crippen LogP contribution >= 0.6 is 0 Å². The van der Waals surface area contributed by atoms with E-state index >= 15 is 0 Å². The van der Waals surface area contributed by atoms with Gasteiger partial charge in [0.15, 0.2) is 0 Å². The van der Waals surface area contributed by atoms with Gasteiger partial charge in [-0.15, -0.1) is 0 Å². The van der Waals surface area contributed by atoms with Crippen LogP contribution in [0.4, 0.5) is 5.69 Å². The summed E-state index contributed by atoms with van der Waals surface area (Å²) in [6, 6.07) is 14.9. The molecule has 2 aromatic heterocycles. The summed E-state index contributed by atoms with van der Waals surface area (Å²) in [5.41, 5.74) is 9.93. The molecule has 1 amide bonds. The number of imidazole rings is 1. The lowest BCUT2D eigenvalue weighted by Gasteiger charge is -2.20. The van der Waals surface area contributed by atoms with E-state index in [1.54, 1.807) is 48.8 Å². The summed E-state index contributed by atoms with van der Waals surface area (Å²) in [4.78, 5) is 21.7. The summed E-state index contributed by atoms with van der Waals surface area (Å²) >= 11 is 0. The van der Waals surface area contributed by atoms with Crippen molar-refractivity contribution in [3.63, 3.8) is 0 Å². The lowest BCUT2D eigenvalue weighted by atomic mass is 10.0. The molecule has 0 radical (unpaired) electrons. The van der Waals surface area contributed by atoms with Crippen LogP contribution in [0.2, 0.25) is 0 Å². The minimum Gasteiger partial charge on any atom is -0.399 e. The van der Waals surface area contributed by atoms with Gasteiger partial charge < -0.3 is 15.6 Å². The number of amides is 1. The van der Waals surface area contributed by atoms with Crippen molar-refractivity contribution in [1.82, 2.24) is 24.6 Å². The molecule has 0 bridgehead atoms. The molecule has 0 fully saturated rings. The van der Waals surface area contributed by atoms with Crippen molar-refractivity contribution in [3.05, 3.63) is 83.9 Å². The van der Waals surface area contributed by atoms with E-state index in [0.29, 0.717) is 18.7 Å². The molecular weight excluding hydrogens is 488 g/mol. The maximum Gasteiger partial charge on any atom is 0.241 e. The summed E-state index contributed by atoms with van der Waals surface area (Å²) in [7, 11) is -3.92. The largest absolute Gasteiger partial charge is 0.399 e. The maximum absolute atomic E-state index is 13.2. The van der Waals surface area contributed by atoms with Crippen LogP contribution in [0.1, 0.15) is 37.2 Å². The lowest BCUT2D eigenvalue weighted by molar-refractivity contribution is -0.123. The highest BCUT2D eigenvalue weighted by molar-refractivity contribution is 7.89. The minimum absolute atomic E-state index is 0.104. The number of carbonyl (C=O) groups excluding carboxylic acids is 1. The van der Waals surface area contributed by atoms with E-state index < -0.39 is 16.1 Å². The number of hydrogen-bond donors (Lipinski definition) is 3. The van der Waals surface area contributed by atoms with Crippen LogP contribution in [0.3, 0.4) is 0 Å². The van der Waals surface area contributed by atoms with Crippen LogP contribution in [0.15, 0.2) is 71.9 Å². The molecule has 0 aliphatic carbocycles. The van der Waals surface area contributed by atoms with Crippen molar-refractivity contribution in [2.45, 2.75) is 51.2 Å². The molecule has 194 valence electrons. The normalized spacial score (nSPS) is 12.6. The van der Waals surface area contributed by atoms with Crippen LogP contribution in [0.25, 0.3) is 11.0 Å². The fourth-order valence-corrected chi connectivity index (χ4v) is 5.35. The molecule has 0 saturated heterocycles. The van der Waals surface area contributed by atoms with Gasteiger partial charge in [0.25, 0.3) is 0 Å². The zero-order valence-corrected chi connectivity index (χ0v) is 22.0. The Bertz CT molecular complexity index is 1480. The standard InChI is InChI=1S/C27H32N6O3S/c1-18(2)14-24(27(34)30-15-20-4-8-22(28)9-5-20)32-37(35,36)23-10-6-21(7-11-23)17-33-19(3)31-25-16-29-13-12-26(25)33/h4-13,16,18,24,32H,14-15,17,28H2,1-3H3,(H,30,34)/t24-/m0/s1. The SMILES string of the molecule is Cc1nc2cnccc2n1Cc1ccc(S(=O)(=O)N[C@@H](CC(C)C)C(=O)NCc2ccc(N)cc2)cc1. The Balaban J connectivity index is 1.46. The minimum atomic E-state index is -3.92. The number of rotatable bonds is 10. The van der Waals surface area contributed by atoms with Gasteiger partial charge in [0.05, 0.1) is 16.6 Å². The number of aromatic nitrogens is 3. The van der Waals surface area contributed by atoms with Gasteiger partial charge in [-0.3, -0.25) is 9.78 Å². The molecule has 0 unspecified atom stereocenters. The molecule has 4 aromatic rings. The van der Waals surface area contributed by atoms with Crippen molar-refractivity contribution < 1.29 is 13.2 Å². The molecular formula is C27H32N6O3S. The fraction of sp³-hybridized carbons (Fsp3) is 0.296. The molecule has 10 heteroatoms. The van der Waals surface area contributed by atoms with E-state index in [-0.39, 0.29) is 23.3 Å². The molecule has 1 atom stereocenters. The van der Waals surface area contributed by atoms with Crippen LogP contribution in [0, 0.1) is 12.8 Å². The summed E-state index contributed by atoms with van der Waals surface area (Å²) in [5.74, 6) is 0.589. The van der Waals surface area contributed by atoms with E-state index in [0.717, 1.165) is 28.0 Å². The number of sulfonamides is 1. The topological polar surface area (TPSA) is 132 Å². The number of nitrogen functional groups attached to an aromatic ring is 1. The summed E-state index contributed by atoms with van der Waals surface area (Å²) in [6.07, 6.45) is 3.81. The number of nitrogens with one attached hydrogen (secondary N) is 2. The first-order chi connectivity index (χ1) is 17.6.